The third-order valence-corrected chi connectivity index (χ3v) is 3.75. The number of ether oxygens (including phenoxy) is 1. The number of hydrogen-bond acceptors (Lipinski definition) is 4. The second-order valence-electron chi connectivity index (χ2n) is 5.34. The molecular formula is C16H13F2NO5. The standard InChI is InChI=1S/C16H13F2NO5/c17-10-2-1-8(5-11(10)18)14-12(3-4-23-14)19-15(20)13-6-9(7-24-13)16(21)22/h1-2,5-7,12,14H,3-4H2,(H,19,20)(H,21,22)/t12-,14+/m0/s1. The molecule has 1 aromatic heterocycles. The van der Waals surface area contributed by atoms with Crippen LogP contribution in [0.3, 0.4) is 0 Å². The molecule has 2 atom stereocenters. The maximum atomic E-state index is 13.4. The van der Waals surface area contributed by atoms with E-state index in [0.29, 0.717) is 18.6 Å². The maximum Gasteiger partial charge on any atom is 0.338 e. The molecule has 1 saturated heterocycles. The van der Waals surface area contributed by atoms with Gasteiger partial charge >= 0.3 is 5.97 Å². The summed E-state index contributed by atoms with van der Waals surface area (Å²) in [7, 11) is 0. The lowest BCUT2D eigenvalue weighted by atomic mass is 10.0. The second kappa shape index (κ2) is 6.40. The SMILES string of the molecule is O=C(O)c1coc(C(=O)N[C@H]2CCO[C@@H]2c2ccc(F)c(F)c2)c1. The molecule has 3 rings (SSSR count). The molecule has 1 aliphatic rings. The Labute approximate surface area is 135 Å². The lowest BCUT2D eigenvalue weighted by Gasteiger charge is -2.19. The van der Waals surface area contributed by atoms with Crippen LogP contribution in [0.2, 0.25) is 0 Å². The molecule has 1 amide bonds. The minimum Gasteiger partial charge on any atom is -0.478 e. The van der Waals surface area contributed by atoms with Crippen molar-refractivity contribution in [3.8, 4) is 0 Å². The van der Waals surface area contributed by atoms with Gasteiger partial charge in [-0.2, -0.15) is 0 Å². The number of nitrogens with one attached hydrogen (secondary N) is 1. The number of rotatable bonds is 4. The molecule has 0 aliphatic carbocycles. The number of carboxylic acid groups (broad SMARTS) is 1. The van der Waals surface area contributed by atoms with E-state index < -0.39 is 35.7 Å². The van der Waals surface area contributed by atoms with Gasteiger partial charge in [0.25, 0.3) is 5.91 Å². The van der Waals surface area contributed by atoms with Crippen molar-refractivity contribution in [3.63, 3.8) is 0 Å². The van der Waals surface area contributed by atoms with Crippen LogP contribution < -0.4 is 5.32 Å². The monoisotopic (exact) mass is 337 g/mol. The molecule has 0 bridgehead atoms. The van der Waals surface area contributed by atoms with E-state index in [2.05, 4.69) is 5.32 Å². The van der Waals surface area contributed by atoms with Crippen LogP contribution in [0.5, 0.6) is 0 Å². The Morgan fingerprint density at radius 2 is 2.00 bits per heavy atom. The lowest BCUT2D eigenvalue weighted by molar-refractivity contribution is 0.0695. The van der Waals surface area contributed by atoms with E-state index in [0.717, 1.165) is 24.5 Å². The van der Waals surface area contributed by atoms with Crippen LogP contribution in [0.4, 0.5) is 8.78 Å². The van der Waals surface area contributed by atoms with Gasteiger partial charge in [0.2, 0.25) is 0 Å². The van der Waals surface area contributed by atoms with Gasteiger partial charge in [-0.05, 0) is 24.1 Å². The van der Waals surface area contributed by atoms with Crippen molar-refractivity contribution in [3.05, 3.63) is 59.1 Å². The highest BCUT2D eigenvalue weighted by atomic mass is 19.2. The quantitative estimate of drug-likeness (QED) is 0.895. The van der Waals surface area contributed by atoms with Crippen LogP contribution in [-0.2, 0) is 4.74 Å². The highest BCUT2D eigenvalue weighted by Gasteiger charge is 2.32. The van der Waals surface area contributed by atoms with E-state index in [1.807, 2.05) is 0 Å². The Kier molecular flexibility index (Phi) is 4.30. The minimum atomic E-state index is -1.21. The number of carbonyl (C=O) groups is 2. The van der Waals surface area contributed by atoms with Gasteiger partial charge in [0.1, 0.15) is 12.4 Å². The van der Waals surface area contributed by atoms with E-state index in [4.69, 9.17) is 14.3 Å². The maximum absolute atomic E-state index is 13.4. The van der Waals surface area contributed by atoms with Gasteiger partial charge in [-0.15, -0.1) is 0 Å². The van der Waals surface area contributed by atoms with E-state index in [-0.39, 0.29) is 11.3 Å². The Morgan fingerprint density at radius 3 is 2.67 bits per heavy atom. The van der Waals surface area contributed by atoms with E-state index in [1.165, 1.54) is 6.07 Å². The molecule has 0 radical (unpaired) electrons. The van der Waals surface area contributed by atoms with Crippen molar-refractivity contribution in [1.82, 2.24) is 5.32 Å². The average Bonchev–Trinajstić information content (AvgIpc) is 3.19. The van der Waals surface area contributed by atoms with Crippen LogP contribution in [0.25, 0.3) is 0 Å². The molecule has 1 aliphatic heterocycles. The molecule has 6 nitrogen and oxygen atoms in total. The van der Waals surface area contributed by atoms with Crippen molar-refractivity contribution in [2.75, 3.05) is 6.61 Å². The molecule has 1 aromatic carbocycles. The predicted octanol–water partition coefficient (Wildman–Crippen LogP) is 2.52. The molecule has 1 fully saturated rings. The first-order valence-electron chi connectivity index (χ1n) is 7.15. The Balaban J connectivity index is 1.74. The van der Waals surface area contributed by atoms with Crippen molar-refractivity contribution >= 4 is 11.9 Å². The first kappa shape index (κ1) is 16.1. The van der Waals surface area contributed by atoms with Gasteiger partial charge in [0, 0.05) is 12.7 Å². The topological polar surface area (TPSA) is 88.8 Å². The van der Waals surface area contributed by atoms with Gasteiger partial charge in [0.05, 0.1) is 11.6 Å². The molecular weight excluding hydrogens is 324 g/mol. The number of halogens is 2. The predicted molar refractivity (Wildman–Crippen MR) is 76.6 cm³/mol. The Morgan fingerprint density at radius 1 is 1.21 bits per heavy atom. The summed E-state index contributed by atoms with van der Waals surface area (Å²) < 4.78 is 36.8. The van der Waals surface area contributed by atoms with Crippen LogP contribution in [-0.4, -0.2) is 29.6 Å². The summed E-state index contributed by atoms with van der Waals surface area (Å²) in [6.07, 6.45) is 0.815. The van der Waals surface area contributed by atoms with Gasteiger partial charge in [0.15, 0.2) is 17.4 Å². The summed E-state index contributed by atoms with van der Waals surface area (Å²) in [6.45, 7) is 0.340. The summed E-state index contributed by atoms with van der Waals surface area (Å²) in [6, 6.07) is 4.06. The van der Waals surface area contributed by atoms with Gasteiger partial charge in [-0.3, -0.25) is 4.79 Å². The van der Waals surface area contributed by atoms with E-state index in [1.54, 1.807) is 0 Å². The highest BCUT2D eigenvalue weighted by Crippen LogP contribution is 2.30. The average molecular weight is 337 g/mol. The third-order valence-electron chi connectivity index (χ3n) is 3.75. The van der Waals surface area contributed by atoms with Crippen LogP contribution >= 0.6 is 0 Å². The number of amides is 1. The summed E-state index contributed by atoms with van der Waals surface area (Å²) in [5, 5.41) is 11.5. The van der Waals surface area contributed by atoms with Crippen molar-refractivity contribution in [2.45, 2.75) is 18.6 Å². The normalized spacial score (nSPS) is 20.1. The number of carboxylic acids is 1. The van der Waals surface area contributed by atoms with E-state index >= 15 is 0 Å². The minimum absolute atomic E-state index is 0.139. The number of carbonyl (C=O) groups excluding carboxylic acids is 1. The fraction of sp³-hybridized carbons (Fsp3) is 0.250. The smallest absolute Gasteiger partial charge is 0.338 e. The largest absolute Gasteiger partial charge is 0.478 e. The molecule has 2 N–H and O–H groups in total. The Hall–Kier alpha value is -2.74. The van der Waals surface area contributed by atoms with Crippen LogP contribution in [0.15, 0.2) is 34.9 Å². The molecule has 0 spiro atoms. The number of hydrogen-bond donors (Lipinski definition) is 2. The zero-order valence-corrected chi connectivity index (χ0v) is 12.3. The zero-order chi connectivity index (χ0) is 17.3. The van der Waals surface area contributed by atoms with E-state index in [9.17, 15) is 18.4 Å². The molecule has 24 heavy (non-hydrogen) atoms. The van der Waals surface area contributed by atoms with Crippen molar-refractivity contribution in [1.29, 1.82) is 0 Å². The van der Waals surface area contributed by atoms with Crippen molar-refractivity contribution < 1.29 is 32.6 Å². The lowest BCUT2D eigenvalue weighted by Crippen LogP contribution is -2.36. The highest BCUT2D eigenvalue weighted by molar-refractivity contribution is 5.95. The first-order chi connectivity index (χ1) is 11.5. The Bertz CT molecular complexity index is 789. The number of aromatic carboxylic acids is 1. The molecule has 126 valence electrons. The number of furan rings is 1. The van der Waals surface area contributed by atoms with Gasteiger partial charge in [-0.1, -0.05) is 6.07 Å². The summed E-state index contributed by atoms with van der Waals surface area (Å²) in [5.74, 6) is -3.92. The number of benzene rings is 1. The molecule has 0 unspecified atom stereocenters. The van der Waals surface area contributed by atoms with Crippen LogP contribution in [0.1, 0.15) is 39.0 Å². The molecule has 2 aromatic rings. The van der Waals surface area contributed by atoms with Gasteiger partial charge in [-0.25, -0.2) is 13.6 Å². The first-order valence-corrected chi connectivity index (χ1v) is 7.15. The molecule has 8 heteroatoms. The van der Waals surface area contributed by atoms with Gasteiger partial charge < -0.3 is 19.6 Å². The van der Waals surface area contributed by atoms with Crippen LogP contribution in [0, 0.1) is 11.6 Å². The third kappa shape index (κ3) is 3.13. The zero-order valence-electron chi connectivity index (χ0n) is 12.3. The summed E-state index contributed by atoms with van der Waals surface area (Å²) in [5.41, 5.74) is 0.266. The fourth-order valence-corrected chi connectivity index (χ4v) is 2.56. The van der Waals surface area contributed by atoms with Crippen molar-refractivity contribution in [2.24, 2.45) is 0 Å². The molecule has 0 saturated carbocycles. The fourth-order valence-electron chi connectivity index (χ4n) is 2.56. The molecule has 2 heterocycles. The second-order valence-corrected chi connectivity index (χ2v) is 5.34. The summed E-state index contributed by atoms with van der Waals surface area (Å²) >= 11 is 0. The summed E-state index contributed by atoms with van der Waals surface area (Å²) in [4.78, 5) is 22.9.